The minimum Gasteiger partial charge on any atom is -0.396 e. The molecule has 7 fully saturated rings. The van der Waals surface area contributed by atoms with E-state index in [4.69, 9.17) is 9.47 Å². The van der Waals surface area contributed by atoms with Crippen molar-refractivity contribution in [2.45, 2.75) is 237 Å². The fourth-order valence-corrected chi connectivity index (χ4v) is 21.6. The topological polar surface area (TPSA) is 207 Å². The first-order valence-electron chi connectivity index (χ1n) is 32.4. The highest BCUT2D eigenvalue weighted by Gasteiger charge is 2.78. The fraction of sp³-hybridized carbons (Fsp3) is 0.754. The number of carbonyl (C=O) groups is 3. The number of ketones is 3. The predicted molar refractivity (Wildman–Crippen MR) is 314 cm³/mol. The maximum atomic E-state index is 15.9. The van der Waals surface area contributed by atoms with Crippen molar-refractivity contribution in [3.8, 4) is 0 Å². The van der Waals surface area contributed by atoms with Crippen molar-refractivity contribution < 1.29 is 49.4 Å². The van der Waals surface area contributed by atoms with Gasteiger partial charge in [0.05, 0.1) is 46.5 Å². The van der Waals surface area contributed by atoms with Gasteiger partial charge in [-0.15, -0.1) is 0 Å². The van der Waals surface area contributed by atoms with Crippen LogP contribution < -0.4 is 5.32 Å². The molecule has 13 rings (SSSR count). The number of Topliss-reactive ketones (excluding diaryl/α,β-unsaturated/α-hetero) is 3. The monoisotopic (exact) mass is 1130 g/mol. The molecule has 13 nitrogen and oxygen atoms in total. The first-order valence-corrected chi connectivity index (χ1v) is 32.4. The number of rotatable bonds is 12. The van der Waals surface area contributed by atoms with E-state index in [1.807, 2.05) is 20.9 Å². The van der Waals surface area contributed by atoms with Gasteiger partial charge in [0.15, 0.2) is 5.78 Å². The normalized spacial score (nSPS) is 40.9. The van der Waals surface area contributed by atoms with Crippen LogP contribution in [-0.4, -0.2) is 116 Å². The zero-order valence-electron chi connectivity index (χ0n) is 50.7. The molecule has 1 spiro atoms. The highest BCUT2D eigenvalue weighted by atomic mass is 16.6. The maximum Gasteiger partial charge on any atom is 0.160 e. The molecule has 5 heterocycles. The molecule has 15 atom stereocenters. The summed E-state index contributed by atoms with van der Waals surface area (Å²) >= 11 is 0. The lowest BCUT2D eigenvalue weighted by atomic mass is 9.30. The molecule has 2 saturated heterocycles. The van der Waals surface area contributed by atoms with Crippen LogP contribution in [0.3, 0.4) is 0 Å². The number of aliphatic hydroxyl groups excluding tert-OH is 4. The summed E-state index contributed by atoms with van der Waals surface area (Å²) in [5, 5.41) is 65.0. The van der Waals surface area contributed by atoms with Crippen LogP contribution in [0.2, 0.25) is 0 Å². The van der Waals surface area contributed by atoms with E-state index in [0.717, 1.165) is 88.5 Å². The van der Waals surface area contributed by atoms with Gasteiger partial charge in [0.1, 0.15) is 17.7 Å². The molecule has 7 aliphatic carbocycles. The summed E-state index contributed by atoms with van der Waals surface area (Å²) in [6.07, 6.45) is 15.9. The lowest BCUT2D eigenvalue weighted by Gasteiger charge is -2.74. The van der Waals surface area contributed by atoms with E-state index in [1.54, 1.807) is 0 Å². The lowest BCUT2D eigenvalue weighted by molar-refractivity contribution is -0.262. The number of aromatic nitrogens is 2. The number of ether oxygens (including phenoxy) is 2. The smallest absolute Gasteiger partial charge is 0.160 e. The van der Waals surface area contributed by atoms with Crippen LogP contribution in [0.5, 0.6) is 0 Å². The number of aryl methyl sites for hydroxylation is 1. The Morgan fingerprint density at radius 1 is 0.902 bits per heavy atom. The van der Waals surface area contributed by atoms with Gasteiger partial charge in [0, 0.05) is 98.2 Å². The summed E-state index contributed by atoms with van der Waals surface area (Å²) < 4.78 is 14.4. The third kappa shape index (κ3) is 8.27. The molecule has 1 aromatic carbocycles. The number of nitrogens with zero attached hydrogens (tertiary/aromatic N) is 1. The van der Waals surface area contributed by atoms with Crippen molar-refractivity contribution in [1.82, 2.24) is 14.9 Å². The summed E-state index contributed by atoms with van der Waals surface area (Å²) in [7, 11) is 1.95. The van der Waals surface area contributed by atoms with E-state index in [2.05, 4.69) is 74.0 Å². The molecule has 448 valence electrons. The first kappa shape index (κ1) is 57.5. The number of benzene rings is 1. The Bertz CT molecular complexity index is 3090. The van der Waals surface area contributed by atoms with E-state index in [0.29, 0.717) is 122 Å². The zero-order chi connectivity index (χ0) is 57.9. The van der Waals surface area contributed by atoms with Gasteiger partial charge < -0.3 is 49.9 Å². The van der Waals surface area contributed by atoms with Crippen LogP contribution in [-0.2, 0) is 48.8 Å². The van der Waals surface area contributed by atoms with Crippen molar-refractivity contribution in [3.05, 3.63) is 69.1 Å². The highest BCUT2D eigenvalue weighted by molar-refractivity contribution is 6.02. The second-order valence-electron chi connectivity index (χ2n) is 30.6. The molecule has 0 amide bonds. The summed E-state index contributed by atoms with van der Waals surface area (Å²) in [5.74, 6) is -1.21. The Morgan fingerprint density at radius 3 is 2.33 bits per heavy atom. The minimum absolute atomic E-state index is 0.0198. The van der Waals surface area contributed by atoms with Crippen LogP contribution in [0.1, 0.15) is 216 Å². The van der Waals surface area contributed by atoms with Crippen molar-refractivity contribution in [2.75, 3.05) is 33.4 Å². The number of H-pyrrole nitrogens is 1. The molecule has 2 aromatic heterocycles. The van der Waals surface area contributed by atoms with Gasteiger partial charge in [-0.25, -0.2) is 0 Å². The second-order valence-corrected chi connectivity index (χ2v) is 30.6. The molecule has 82 heavy (non-hydrogen) atoms. The molecule has 0 bridgehead atoms. The zero-order valence-corrected chi connectivity index (χ0v) is 50.7. The van der Waals surface area contributed by atoms with Gasteiger partial charge in [-0.3, -0.25) is 14.4 Å². The SMILES string of the molecule is CNCC[C@]1(C)C(=O)C[C@]2(CC[C@H](O)C2)[C@@]2(C)[C@H]3[C@H](O)[C@@H]4Cn5cc([C@@H]6C(=O)[C@H](CCCO)Cc7c6cc(C6CCCCC6)cc7C6(O)CCOCC6)c6[nH]cc(c65)CC[C@@](C)(C[C@@H](O)[C@H]5OC5(C)C)C5=C4[C@](C)(CC5=O)[C@@]3(C)CC[C@H]21. The predicted octanol–water partition coefficient (Wildman–Crippen LogP) is 9.97. The molecule has 5 saturated carbocycles. The molecule has 0 unspecified atom stereocenters. The average Bonchev–Trinajstić information content (AvgIpc) is 1.14. The van der Waals surface area contributed by atoms with Crippen molar-refractivity contribution >= 4 is 28.4 Å². The average molecular weight is 1130 g/mol. The number of nitrogens with one attached hydrogen (secondary N) is 2. The van der Waals surface area contributed by atoms with E-state index in [-0.39, 0.29) is 47.8 Å². The van der Waals surface area contributed by atoms with Crippen LogP contribution in [0.25, 0.3) is 11.0 Å². The Hall–Kier alpha value is -3.53. The third-order valence-corrected chi connectivity index (χ3v) is 26.1. The largest absolute Gasteiger partial charge is 0.396 e. The van der Waals surface area contributed by atoms with Gasteiger partial charge in [-0.1, -0.05) is 66.0 Å². The first-order chi connectivity index (χ1) is 38.9. The number of allylic oxidation sites excluding steroid dienone is 1. The lowest BCUT2D eigenvalue weighted by Crippen LogP contribution is -2.72. The number of fused-ring (bicyclic) bond motifs is 6. The van der Waals surface area contributed by atoms with Gasteiger partial charge in [0.25, 0.3) is 0 Å². The third-order valence-electron chi connectivity index (χ3n) is 26.1. The molecule has 0 radical (unpaired) electrons. The van der Waals surface area contributed by atoms with Crippen LogP contribution in [0, 0.1) is 56.2 Å². The molecular weight excluding hydrogens is 1030 g/mol. The van der Waals surface area contributed by atoms with Crippen LogP contribution in [0.4, 0.5) is 0 Å². The van der Waals surface area contributed by atoms with Crippen LogP contribution in [0.15, 0.2) is 35.7 Å². The molecular formula is C69H97N3O10. The second kappa shape index (κ2) is 20.0. The van der Waals surface area contributed by atoms with Crippen molar-refractivity contribution in [3.63, 3.8) is 0 Å². The number of carbonyl (C=O) groups excluding carboxylic acids is 3. The van der Waals surface area contributed by atoms with Crippen LogP contribution >= 0.6 is 0 Å². The number of aliphatic hydroxyl groups is 5. The quantitative estimate of drug-likeness (QED) is 0.0850. The van der Waals surface area contributed by atoms with E-state index in [9.17, 15) is 25.5 Å². The van der Waals surface area contributed by atoms with Gasteiger partial charge >= 0.3 is 0 Å². The Labute approximate surface area is 486 Å². The standard InChI is InChI=1S/C69H97N3O10/c1-62(2)61(82-62)50(76)33-63(3)19-16-41-36-71-56-46(53-45-30-42(39-13-10-9-11-14-39)31-48(69(80)23-27-81-28-24-69)44(45)29-40(58(53)78)15-12-26-73)37-72(57(41)56)38-47-54-55(63)49(75)34-66(54,6)65(5)20-18-51-64(4,22-25-70-8)52(77)35-68(21-17-43(74)32-68)67(51,7)60(65)59(47)79/h30-31,36-37,39-40,43,47,50-51,53,59-61,70-71,73-74,76,79-80H,9-29,32-35,38H2,1-8H3/t40-,43+,47-,50-,51+,53-,59-,60+,61-,63+,64+,65+,66+,67-,68-/m1/s1. The van der Waals surface area contributed by atoms with Gasteiger partial charge in [-0.2, -0.15) is 0 Å². The minimum atomic E-state index is -1.11. The molecule has 13 heteroatoms. The Balaban J connectivity index is 1.03. The fourth-order valence-electron chi connectivity index (χ4n) is 21.6. The summed E-state index contributed by atoms with van der Waals surface area (Å²) in [5.41, 5.74) is 4.27. The molecule has 3 aromatic rings. The van der Waals surface area contributed by atoms with E-state index >= 15 is 14.4 Å². The Morgan fingerprint density at radius 2 is 1.65 bits per heavy atom. The van der Waals surface area contributed by atoms with Gasteiger partial charge in [-0.05, 0) is 190 Å². The van der Waals surface area contributed by atoms with Crippen molar-refractivity contribution in [2.24, 2.45) is 56.2 Å². The number of hydrogen-bond donors (Lipinski definition) is 7. The summed E-state index contributed by atoms with van der Waals surface area (Å²) in [6.45, 7) is 17.4. The van der Waals surface area contributed by atoms with E-state index in [1.165, 1.54) is 12.0 Å². The van der Waals surface area contributed by atoms with Gasteiger partial charge in [0.2, 0.25) is 0 Å². The van der Waals surface area contributed by atoms with E-state index < -0.39 is 73.8 Å². The molecule has 7 N–H and O–H groups in total. The number of hydrogen-bond acceptors (Lipinski definition) is 11. The number of epoxide rings is 1. The maximum absolute atomic E-state index is 15.9. The number of aromatic amines is 1. The molecule has 10 aliphatic rings. The summed E-state index contributed by atoms with van der Waals surface area (Å²) in [6, 6.07) is 4.63. The highest BCUT2D eigenvalue weighted by Crippen LogP contribution is 2.80. The summed E-state index contributed by atoms with van der Waals surface area (Å²) in [4.78, 5) is 50.7. The Kier molecular flexibility index (Phi) is 14.0. The van der Waals surface area contributed by atoms with Crippen molar-refractivity contribution in [1.29, 1.82) is 0 Å². The molecule has 3 aliphatic heterocycles.